The normalized spacial score (nSPS) is 23.7. The van der Waals surface area contributed by atoms with Gasteiger partial charge in [0.05, 0.1) is 13.2 Å². The van der Waals surface area contributed by atoms with Crippen LogP contribution in [0.15, 0.2) is 24.3 Å². The molecule has 0 aromatic carbocycles. The monoisotopic (exact) mass is 586 g/mol. The lowest BCUT2D eigenvalue weighted by atomic mass is 9.99. The highest BCUT2D eigenvalue weighted by molar-refractivity contribution is 5.70. The van der Waals surface area contributed by atoms with Gasteiger partial charge in [0.25, 0.3) is 0 Å². The molecule has 1 aliphatic heterocycles. The minimum Gasteiger partial charge on any atom is -0.462 e. The highest BCUT2D eigenvalue weighted by atomic mass is 16.7. The molecule has 41 heavy (non-hydrogen) atoms. The summed E-state index contributed by atoms with van der Waals surface area (Å²) in [6.45, 7) is 3.05. The third kappa shape index (κ3) is 17.0. The fourth-order valence-corrected chi connectivity index (χ4v) is 4.24. The average molecular weight is 587 g/mol. The molecule has 4 N–H and O–H groups in total. The maximum Gasteiger partial charge on any atom is 0.306 e. The number of allylic oxidation sites excluding steroid dienone is 4. The second-order valence-electron chi connectivity index (χ2n) is 10.6. The lowest BCUT2D eigenvalue weighted by Gasteiger charge is -2.39. The van der Waals surface area contributed by atoms with Crippen LogP contribution in [0.5, 0.6) is 0 Å². The number of aliphatic hydroxyl groups is 4. The summed E-state index contributed by atoms with van der Waals surface area (Å²) in [6, 6.07) is 0. The van der Waals surface area contributed by atoms with Crippen molar-refractivity contribution in [3.63, 3.8) is 0 Å². The Morgan fingerprint density at radius 1 is 0.756 bits per heavy atom. The van der Waals surface area contributed by atoms with Gasteiger partial charge < -0.3 is 39.4 Å². The second kappa shape index (κ2) is 23.7. The Morgan fingerprint density at radius 2 is 1.39 bits per heavy atom. The summed E-state index contributed by atoms with van der Waals surface area (Å²) in [4.78, 5) is 24.4. The van der Waals surface area contributed by atoms with Crippen molar-refractivity contribution < 1.29 is 49.0 Å². The van der Waals surface area contributed by atoms with Crippen LogP contribution >= 0.6 is 0 Å². The Kier molecular flexibility index (Phi) is 21.5. The van der Waals surface area contributed by atoms with Crippen LogP contribution in [-0.4, -0.2) is 89.0 Å². The van der Waals surface area contributed by atoms with Crippen LogP contribution < -0.4 is 0 Å². The quantitative estimate of drug-likeness (QED) is 0.0789. The smallest absolute Gasteiger partial charge is 0.306 e. The fraction of sp³-hybridized carbons (Fsp3) is 0.806. The van der Waals surface area contributed by atoms with E-state index in [4.69, 9.17) is 18.9 Å². The van der Waals surface area contributed by atoms with Crippen molar-refractivity contribution in [3.05, 3.63) is 24.3 Å². The summed E-state index contributed by atoms with van der Waals surface area (Å²) < 4.78 is 21.6. The average Bonchev–Trinajstić information content (AvgIpc) is 2.97. The topological polar surface area (TPSA) is 152 Å². The van der Waals surface area contributed by atoms with Crippen molar-refractivity contribution in [1.29, 1.82) is 0 Å². The van der Waals surface area contributed by atoms with Crippen LogP contribution in [0.1, 0.15) is 104 Å². The maximum absolute atomic E-state index is 12.5. The molecule has 6 atom stereocenters. The molecule has 0 aliphatic carbocycles. The van der Waals surface area contributed by atoms with Crippen molar-refractivity contribution >= 4 is 11.9 Å². The van der Waals surface area contributed by atoms with Gasteiger partial charge in [0.1, 0.15) is 31.0 Å². The van der Waals surface area contributed by atoms with Gasteiger partial charge in [0.15, 0.2) is 12.4 Å². The summed E-state index contributed by atoms with van der Waals surface area (Å²) in [5.41, 5.74) is 0. The number of unbranched alkanes of at least 4 members (excludes halogenated alkanes) is 8. The van der Waals surface area contributed by atoms with Crippen molar-refractivity contribution in [3.8, 4) is 0 Å². The molecular weight excluding hydrogens is 532 g/mol. The van der Waals surface area contributed by atoms with Gasteiger partial charge in [-0.2, -0.15) is 0 Å². The Morgan fingerprint density at radius 3 is 2.07 bits per heavy atom. The third-order valence-electron chi connectivity index (χ3n) is 6.84. The Bertz CT molecular complexity index is 738. The summed E-state index contributed by atoms with van der Waals surface area (Å²) in [5.74, 6) is -0.869. The van der Waals surface area contributed by atoms with E-state index in [0.29, 0.717) is 12.8 Å². The van der Waals surface area contributed by atoms with Crippen molar-refractivity contribution in [2.75, 3.05) is 19.8 Å². The third-order valence-corrected chi connectivity index (χ3v) is 6.84. The Balaban J connectivity index is 2.38. The summed E-state index contributed by atoms with van der Waals surface area (Å²) in [7, 11) is 0. The zero-order valence-electron chi connectivity index (χ0n) is 25.0. The lowest BCUT2D eigenvalue weighted by Crippen LogP contribution is -2.59. The minimum absolute atomic E-state index is 0.213. The maximum atomic E-state index is 12.5. The van der Waals surface area contributed by atoms with Gasteiger partial charge >= 0.3 is 11.9 Å². The molecule has 0 aromatic rings. The molecule has 0 aromatic heterocycles. The van der Waals surface area contributed by atoms with Crippen LogP contribution in [0.4, 0.5) is 0 Å². The number of hydrogen-bond donors (Lipinski definition) is 4. The number of carbonyl (C=O) groups is 2. The summed E-state index contributed by atoms with van der Waals surface area (Å²) in [6.07, 6.45) is 13.2. The zero-order chi connectivity index (χ0) is 30.3. The fourth-order valence-electron chi connectivity index (χ4n) is 4.24. The van der Waals surface area contributed by atoms with Gasteiger partial charge in [-0.15, -0.1) is 0 Å². The molecule has 10 heteroatoms. The molecule has 1 saturated heterocycles. The van der Waals surface area contributed by atoms with E-state index in [1.807, 2.05) is 6.92 Å². The highest BCUT2D eigenvalue weighted by Gasteiger charge is 2.44. The SMILES string of the molecule is CCCC/C=C\C/C=C\CCCCCCCC(=O)OC(COC(=O)CCCC)COC1OC(CO)C(O)C(O)C1O. The van der Waals surface area contributed by atoms with E-state index in [0.717, 1.165) is 51.4 Å². The van der Waals surface area contributed by atoms with Gasteiger partial charge in [0, 0.05) is 12.8 Å². The van der Waals surface area contributed by atoms with E-state index >= 15 is 0 Å². The van der Waals surface area contributed by atoms with Crippen molar-refractivity contribution in [2.45, 2.75) is 141 Å². The first-order valence-corrected chi connectivity index (χ1v) is 15.4. The van der Waals surface area contributed by atoms with E-state index < -0.39 is 55.4 Å². The first-order chi connectivity index (χ1) is 19.8. The predicted octanol–water partition coefficient (Wildman–Crippen LogP) is 3.87. The Labute approximate surface area is 245 Å². The van der Waals surface area contributed by atoms with Crippen LogP contribution in [0.3, 0.4) is 0 Å². The van der Waals surface area contributed by atoms with Gasteiger partial charge in [-0.3, -0.25) is 9.59 Å². The molecule has 1 heterocycles. The molecule has 238 valence electrons. The van der Waals surface area contributed by atoms with Crippen molar-refractivity contribution in [1.82, 2.24) is 0 Å². The number of ether oxygens (including phenoxy) is 4. The first kappa shape index (κ1) is 37.2. The van der Waals surface area contributed by atoms with E-state index in [-0.39, 0.29) is 26.1 Å². The van der Waals surface area contributed by atoms with E-state index in [9.17, 15) is 30.0 Å². The lowest BCUT2D eigenvalue weighted by molar-refractivity contribution is -0.305. The first-order valence-electron chi connectivity index (χ1n) is 15.4. The van der Waals surface area contributed by atoms with E-state index in [2.05, 4.69) is 31.2 Å². The number of aliphatic hydroxyl groups excluding tert-OH is 4. The molecule has 6 unspecified atom stereocenters. The molecule has 0 saturated carbocycles. The number of rotatable bonds is 23. The second-order valence-corrected chi connectivity index (χ2v) is 10.6. The van der Waals surface area contributed by atoms with Crippen LogP contribution in [0, 0.1) is 0 Å². The molecule has 1 aliphatic rings. The minimum atomic E-state index is -1.59. The van der Waals surface area contributed by atoms with Gasteiger partial charge in [-0.1, -0.05) is 76.7 Å². The molecule has 1 fully saturated rings. The number of carbonyl (C=O) groups excluding carboxylic acids is 2. The molecule has 10 nitrogen and oxygen atoms in total. The number of hydrogen-bond acceptors (Lipinski definition) is 10. The van der Waals surface area contributed by atoms with E-state index in [1.165, 1.54) is 12.8 Å². The van der Waals surface area contributed by atoms with Crippen LogP contribution in [0.25, 0.3) is 0 Å². The number of esters is 2. The molecule has 0 radical (unpaired) electrons. The molecule has 0 bridgehead atoms. The molecule has 0 amide bonds. The predicted molar refractivity (Wildman–Crippen MR) is 155 cm³/mol. The van der Waals surface area contributed by atoms with Crippen LogP contribution in [0.2, 0.25) is 0 Å². The van der Waals surface area contributed by atoms with Gasteiger partial charge in [0.2, 0.25) is 0 Å². The molecular formula is C31H54O10. The van der Waals surface area contributed by atoms with Crippen molar-refractivity contribution in [2.24, 2.45) is 0 Å². The highest BCUT2D eigenvalue weighted by Crippen LogP contribution is 2.22. The van der Waals surface area contributed by atoms with Crippen LogP contribution in [-0.2, 0) is 28.5 Å². The largest absolute Gasteiger partial charge is 0.462 e. The zero-order valence-corrected chi connectivity index (χ0v) is 25.0. The van der Waals surface area contributed by atoms with Gasteiger partial charge in [-0.05, 0) is 38.5 Å². The van der Waals surface area contributed by atoms with Gasteiger partial charge in [-0.25, -0.2) is 0 Å². The van der Waals surface area contributed by atoms with E-state index in [1.54, 1.807) is 0 Å². The molecule has 1 rings (SSSR count). The summed E-state index contributed by atoms with van der Waals surface area (Å²) >= 11 is 0. The Hall–Kier alpha value is -1.82. The summed E-state index contributed by atoms with van der Waals surface area (Å²) in [5, 5.41) is 39.4. The molecule has 0 spiro atoms. The standard InChI is InChI=1S/C31H54O10/c1-3-5-7-8-9-10-11-12-13-14-15-16-17-18-20-27(34)40-24(22-38-26(33)19-6-4-2)23-39-31-30(37)29(36)28(35)25(21-32)41-31/h8-9,11-12,24-25,28-32,35-37H,3-7,10,13-23H2,1-2H3/b9-8-,12-11-.